The summed E-state index contributed by atoms with van der Waals surface area (Å²) in [4.78, 5) is 0. The van der Waals surface area contributed by atoms with Gasteiger partial charge in [-0.15, -0.1) is 12.1 Å². The predicted molar refractivity (Wildman–Crippen MR) is 95.1 cm³/mol. The summed E-state index contributed by atoms with van der Waals surface area (Å²) in [5.74, 6) is 0.430. The van der Waals surface area contributed by atoms with Crippen LogP contribution in [0.2, 0.25) is 0 Å². The van der Waals surface area contributed by atoms with E-state index in [1.807, 2.05) is 36.4 Å². The van der Waals surface area contributed by atoms with Crippen LogP contribution in [0.15, 0.2) is 97.1 Å². The number of fused-ring (bicyclic) bond motifs is 1. The Hall–Kier alpha value is -1.72. The first-order valence-corrected chi connectivity index (χ1v) is 7.68. The molecule has 0 radical (unpaired) electrons. The van der Waals surface area contributed by atoms with E-state index >= 15 is 0 Å². The van der Waals surface area contributed by atoms with Crippen molar-refractivity contribution in [2.24, 2.45) is 0 Å². The van der Waals surface area contributed by atoms with Gasteiger partial charge < -0.3 is 0 Å². The van der Waals surface area contributed by atoms with Gasteiger partial charge >= 0.3 is 26.2 Å². The van der Waals surface area contributed by atoms with Gasteiger partial charge in [0.15, 0.2) is 0 Å². The van der Waals surface area contributed by atoms with Gasteiger partial charge in [-0.2, -0.15) is 30.3 Å². The van der Waals surface area contributed by atoms with Crippen LogP contribution in [0.1, 0.15) is 29.0 Å². The van der Waals surface area contributed by atoms with E-state index in [0.717, 1.165) is 6.42 Å². The molecule has 1 unspecified atom stereocenters. The van der Waals surface area contributed by atoms with Crippen molar-refractivity contribution >= 4 is 6.08 Å². The Bertz CT molecular complexity index is 713. The summed E-state index contributed by atoms with van der Waals surface area (Å²) in [6.45, 7) is 3.86. The largest absolute Gasteiger partial charge is 2.00 e. The molecule has 0 spiro atoms. The van der Waals surface area contributed by atoms with Gasteiger partial charge in [-0.3, -0.25) is 0 Å². The van der Waals surface area contributed by atoms with E-state index in [-0.39, 0.29) is 26.2 Å². The Morgan fingerprint density at radius 1 is 1.00 bits per heavy atom. The standard InChI is InChI=1S/C17H15.C5H5.Zr/c1-2-7-15-12-14-10-5-6-11-16(14)17(15)13-8-3-4-9-13;1-2-4-5-3-1;/h2-6,8-12,17H,1,7H2;1-5H;/q2*-1;+2. The minimum atomic E-state index is 0. The summed E-state index contributed by atoms with van der Waals surface area (Å²) in [5.41, 5.74) is 5.63. The zero-order valence-electron chi connectivity index (χ0n) is 13.2. The molecule has 0 aromatic heterocycles. The van der Waals surface area contributed by atoms with Crippen LogP contribution in [-0.2, 0) is 26.2 Å². The van der Waals surface area contributed by atoms with Crippen LogP contribution < -0.4 is 0 Å². The Labute approximate surface area is 158 Å². The van der Waals surface area contributed by atoms with Crippen LogP contribution in [0, 0.1) is 0 Å². The van der Waals surface area contributed by atoms with Crippen molar-refractivity contribution in [3.05, 3.63) is 114 Å². The second-order valence-electron chi connectivity index (χ2n) is 5.45. The smallest absolute Gasteiger partial charge is 0.214 e. The van der Waals surface area contributed by atoms with Gasteiger partial charge in [-0.05, 0) is 23.5 Å². The number of hydrogen-bond donors (Lipinski definition) is 0. The summed E-state index contributed by atoms with van der Waals surface area (Å²) >= 11 is 0. The van der Waals surface area contributed by atoms with E-state index in [9.17, 15) is 0 Å². The van der Waals surface area contributed by atoms with E-state index in [1.54, 1.807) is 0 Å². The van der Waals surface area contributed by atoms with Crippen LogP contribution in [-0.4, -0.2) is 0 Å². The minimum Gasteiger partial charge on any atom is -0.214 e. The molecule has 1 aliphatic carbocycles. The van der Waals surface area contributed by atoms with Crippen molar-refractivity contribution < 1.29 is 26.2 Å². The van der Waals surface area contributed by atoms with E-state index in [4.69, 9.17) is 0 Å². The van der Waals surface area contributed by atoms with Gasteiger partial charge in [0.1, 0.15) is 0 Å². The monoisotopic (exact) mass is 374 g/mol. The molecule has 0 amide bonds. The normalized spacial score (nSPS) is 14.8. The fraction of sp³-hybridized carbons (Fsp3) is 0.0909. The first kappa shape index (κ1) is 17.6. The molecule has 112 valence electrons. The van der Waals surface area contributed by atoms with Crippen molar-refractivity contribution in [2.45, 2.75) is 12.3 Å². The maximum Gasteiger partial charge on any atom is 2.00 e. The van der Waals surface area contributed by atoms with E-state index in [1.165, 1.54) is 22.3 Å². The molecule has 23 heavy (non-hydrogen) atoms. The van der Waals surface area contributed by atoms with Gasteiger partial charge in [-0.1, -0.05) is 42.0 Å². The zero-order valence-corrected chi connectivity index (χ0v) is 15.6. The second kappa shape index (κ2) is 8.80. The summed E-state index contributed by atoms with van der Waals surface area (Å²) in [5, 5.41) is 0. The molecule has 1 atom stereocenters. The molecule has 0 saturated carbocycles. The van der Waals surface area contributed by atoms with Crippen molar-refractivity contribution in [3.63, 3.8) is 0 Å². The molecule has 0 nitrogen and oxygen atoms in total. The predicted octanol–water partition coefficient (Wildman–Crippen LogP) is 5.91. The summed E-state index contributed by atoms with van der Waals surface area (Å²) < 4.78 is 0. The van der Waals surface area contributed by atoms with E-state index in [2.05, 4.69) is 61.2 Å². The third kappa shape index (κ3) is 4.18. The van der Waals surface area contributed by atoms with Crippen LogP contribution >= 0.6 is 0 Å². The molecule has 0 N–H and O–H groups in total. The fourth-order valence-corrected chi connectivity index (χ4v) is 3.03. The topological polar surface area (TPSA) is 0 Å². The SMILES string of the molecule is C=CCC1=Cc2ccccc2C1[c-]1cccc1.[Zr+2].c1cc[cH-]c1. The van der Waals surface area contributed by atoms with E-state index in [0.29, 0.717) is 5.92 Å². The molecule has 0 bridgehead atoms. The molecule has 1 aliphatic rings. The number of rotatable bonds is 3. The zero-order chi connectivity index (χ0) is 15.2. The Balaban J connectivity index is 0.000000276. The van der Waals surface area contributed by atoms with E-state index < -0.39 is 0 Å². The summed E-state index contributed by atoms with van der Waals surface area (Å²) in [6, 6.07) is 27.3. The van der Waals surface area contributed by atoms with Gasteiger partial charge in [0.05, 0.1) is 0 Å². The number of allylic oxidation sites excluding steroid dienone is 2. The molecule has 1 heteroatoms. The third-order valence-electron chi connectivity index (χ3n) is 3.98. The van der Waals surface area contributed by atoms with Crippen molar-refractivity contribution in [1.82, 2.24) is 0 Å². The van der Waals surface area contributed by atoms with Crippen molar-refractivity contribution in [1.29, 1.82) is 0 Å². The molecule has 0 heterocycles. The minimum absolute atomic E-state index is 0. The Kier molecular flexibility index (Phi) is 6.74. The molecule has 4 rings (SSSR count). The van der Waals surface area contributed by atoms with Crippen molar-refractivity contribution in [3.8, 4) is 0 Å². The van der Waals surface area contributed by atoms with Gasteiger partial charge in [-0.25, -0.2) is 24.3 Å². The average Bonchev–Trinajstić information content (AvgIpc) is 3.29. The first-order valence-electron chi connectivity index (χ1n) is 7.68. The average molecular weight is 376 g/mol. The molecule has 0 aliphatic heterocycles. The molecule has 3 aromatic rings. The number of hydrogen-bond acceptors (Lipinski definition) is 0. The van der Waals surface area contributed by atoms with Gasteiger partial charge in [0.25, 0.3) is 0 Å². The molecular weight excluding hydrogens is 355 g/mol. The summed E-state index contributed by atoms with van der Waals surface area (Å²) in [7, 11) is 0. The van der Waals surface area contributed by atoms with Gasteiger partial charge in [0.2, 0.25) is 0 Å². The Morgan fingerprint density at radius 3 is 2.30 bits per heavy atom. The quantitative estimate of drug-likeness (QED) is 0.394. The van der Waals surface area contributed by atoms with Crippen molar-refractivity contribution in [2.75, 3.05) is 0 Å². The second-order valence-corrected chi connectivity index (χ2v) is 5.45. The Morgan fingerprint density at radius 2 is 1.70 bits per heavy atom. The van der Waals surface area contributed by atoms with Crippen LogP contribution in [0.25, 0.3) is 6.08 Å². The van der Waals surface area contributed by atoms with Gasteiger partial charge in [0, 0.05) is 0 Å². The van der Waals surface area contributed by atoms with Crippen LogP contribution in [0.4, 0.5) is 0 Å². The molecule has 0 fully saturated rings. The molecular formula is C22H20Zr. The molecule has 3 aromatic carbocycles. The third-order valence-corrected chi connectivity index (χ3v) is 3.98. The summed E-state index contributed by atoms with van der Waals surface area (Å²) in [6.07, 6.45) is 5.27. The van der Waals surface area contributed by atoms with Crippen LogP contribution in [0.3, 0.4) is 0 Å². The maximum absolute atomic E-state index is 3.86. The molecule has 0 saturated heterocycles. The number of benzene rings is 1. The van der Waals surface area contributed by atoms with Crippen LogP contribution in [0.5, 0.6) is 0 Å². The fourth-order valence-electron chi connectivity index (χ4n) is 3.03. The maximum atomic E-state index is 3.86. The first-order chi connectivity index (χ1) is 10.9.